The number of benzene rings is 3. The van der Waals surface area contributed by atoms with Gasteiger partial charge >= 0.3 is 5.97 Å². The molecule has 1 aliphatic carbocycles. The molecule has 0 bridgehead atoms. The number of aryl methyl sites for hydroxylation is 1. The average Bonchev–Trinajstić information content (AvgIpc) is 2.98. The maximum Gasteiger partial charge on any atom is 0.316 e. The van der Waals surface area contributed by atoms with Crippen LogP contribution in [0.3, 0.4) is 0 Å². The van der Waals surface area contributed by atoms with Gasteiger partial charge in [0.2, 0.25) is 0 Å². The Labute approximate surface area is 258 Å². The Balaban J connectivity index is 1.51. The number of methoxy groups -OCH3 is 1. The van der Waals surface area contributed by atoms with Gasteiger partial charge in [-0.3, -0.25) is 4.79 Å². The first-order valence-corrected chi connectivity index (χ1v) is 15.5. The molecule has 0 spiro atoms. The maximum absolute atomic E-state index is 12.4. The van der Waals surface area contributed by atoms with Crippen molar-refractivity contribution >= 4 is 11.7 Å². The summed E-state index contributed by atoms with van der Waals surface area (Å²) < 4.78 is 17.5. The molecule has 0 amide bonds. The molecule has 0 radical (unpaired) electrons. The predicted molar refractivity (Wildman–Crippen MR) is 176 cm³/mol. The van der Waals surface area contributed by atoms with Crippen LogP contribution in [0.1, 0.15) is 76.1 Å². The van der Waals surface area contributed by atoms with Crippen molar-refractivity contribution in [1.29, 1.82) is 0 Å². The van der Waals surface area contributed by atoms with E-state index in [4.69, 9.17) is 14.2 Å². The Morgan fingerprint density at radius 1 is 0.884 bits per heavy atom. The number of anilines is 1. The highest BCUT2D eigenvalue weighted by Crippen LogP contribution is 2.40. The van der Waals surface area contributed by atoms with Crippen molar-refractivity contribution in [2.24, 2.45) is 5.41 Å². The molecule has 4 rings (SSSR count). The molecule has 0 heterocycles. The molecule has 3 aromatic carbocycles. The van der Waals surface area contributed by atoms with Crippen LogP contribution >= 0.6 is 0 Å². The number of fused-ring (bicyclic) bond motifs is 1. The Morgan fingerprint density at radius 3 is 2.19 bits per heavy atom. The number of hydrogen-bond acceptors (Lipinski definition) is 6. The van der Waals surface area contributed by atoms with E-state index in [-0.39, 0.29) is 11.5 Å². The third-order valence-electron chi connectivity index (χ3n) is 8.73. The van der Waals surface area contributed by atoms with Gasteiger partial charge in [-0.15, -0.1) is 0 Å². The highest BCUT2D eigenvalue weighted by atomic mass is 16.5. The lowest BCUT2D eigenvalue weighted by Crippen LogP contribution is -2.43. The highest BCUT2D eigenvalue weighted by molar-refractivity contribution is 5.78. The smallest absolute Gasteiger partial charge is 0.316 e. The molecule has 6 nitrogen and oxygen atoms in total. The van der Waals surface area contributed by atoms with Crippen molar-refractivity contribution in [3.05, 3.63) is 82.9 Å². The summed E-state index contributed by atoms with van der Waals surface area (Å²) in [7, 11) is 5.88. The van der Waals surface area contributed by atoms with Crippen molar-refractivity contribution in [3.8, 4) is 17.2 Å². The second kappa shape index (κ2) is 13.4. The predicted octanol–water partition coefficient (Wildman–Crippen LogP) is 7.66. The van der Waals surface area contributed by atoms with Crippen LogP contribution in [0.2, 0.25) is 0 Å². The summed E-state index contributed by atoms with van der Waals surface area (Å²) in [6.07, 6.45) is 2.94. The SMILES string of the molecule is CCN(Cc1ccc(OCC(C)(C)N(C)C)cc1)c1cc(OC)ccc1C1CCc2cc(OC(=O)C(C)(C)C)ccc2C1. The molecule has 6 heteroatoms. The van der Waals surface area contributed by atoms with Crippen molar-refractivity contribution in [3.63, 3.8) is 0 Å². The zero-order chi connectivity index (χ0) is 31.4. The molecule has 0 aromatic heterocycles. The number of esters is 1. The first-order valence-electron chi connectivity index (χ1n) is 15.5. The van der Waals surface area contributed by atoms with E-state index in [0.29, 0.717) is 18.3 Å². The molecular formula is C37H50N2O4. The van der Waals surface area contributed by atoms with Gasteiger partial charge in [-0.25, -0.2) is 0 Å². The summed E-state index contributed by atoms with van der Waals surface area (Å²) in [5, 5.41) is 0. The number of hydrogen-bond donors (Lipinski definition) is 0. The third-order valence-corrected chi connectivity index (χ3v) is 8.73. The van der Waals surface area contributed by atoms with E-state index in [2.05, 4.69) is 99.3 Å². The van der Waals surface area contributed by atoms with E-state index in [9.17, 15) is 4.79 Å². The number of ether oxygens (including phenoxy) is 3. The zero-order valence-corrected chi connectivity index (χ0v) is 27.6. The summed E-state index contributed by atoms with van der Waals surface area (Å²) >= 11 is 0. The molecule has 1 unspecified atom stereocenters. The fourth-order valence-corrected chi connectivity index (χ4v) is 5.26. The minimum absolute atomic E-state index is 0.0402. The number of rotatable bonds is 11. The second-order valence-corrected chi connectivity index (χ2v) is 13.6. The molecule has 43 heavy (non-hydrogen) atoms. The lowest BCUT2D eigenvalue weighted by atomic mass is 9.79. The van der Waals surface area contributed by atoms with E-state index in [1.54, 1.807) is 7.11 Å². The van der Waals surface area contributed by atoms with E-state index >= 15 is 0 Å². The molecule has 1 atom stereocenters. The van der Waals surface area contributed by atoms with Crippen LogP contribution in [0.15, 0.2) is 60.7 Å². The van der Waals surface area contributed by atoms with Gasteiger partial charge in [0.25, 0.3) is 0 Å². The van der Waals surface area contributed by atoms with Crippen LogP contribution in [0, 0.1) is 5.41 Å². The third kappa shape index (κ3) is 8.11. The van der Waals surface area contributed by atoms with Crippen molar-refractivity contribution in [2.75, 3.05) is 39.3 Å². The van der Waals surface area contributed by atoms with Crippen LogP contribution in [-0.2, 0) is 24.2 Å². The first kappa shape index (κ1) is 32.4. The van der Waals surface area contributed by atoms with E-state index < -0.39 is 5.41 Å². The summed E-state index contributed by atoms with van der Waals surface area (Å²) in [5.41, 5.74) is 5.83. The molecule has 232 valence electrons. The summed E-state index contributed by atoms with van der Waals surface area (Å²) in [6, 6.07) is 21.1. The van der Waals surface area contributed by atoms with Gasteiger partial charge in [-0.05, 0) is 133 Å². The van der Waals surface area contributed by atoms with Crippen molar-refractivity contribution in [1.82, 2.24) is 4.90 Å². The number of likely N-dealkylation sites (N-methyl/N-ethyl adjacent to an activating group) is 1. The molecule has 0 saturated heterocycles. The maximum atomic E-state index is 12.4. The van der Waals surface area contributed by atoms with Gasteiger partial charge < -0.3 is 24.0 Å². The van der Waals surface area contributed by atoms with Crippen molar-refractivity contribution in [2.45, 2.75) is 78.8 Å². The van der Waals surface area contributed by atoms with E-state index in [0.717, 1.165) is 43.9 Å². The normalized spacial score (nSPS) is 15.2. The fraction of sp³-hybridized carbons (Fsp3) is 0.486. The van der Waals surface area contributed by atoms with E-state index in [1.165, 1.54) is 27.9 Å². The van der Waals surface area contributed by atoms with E-state index in [1.807, 2.05) is 26.8 Å². The lowest BCUT2D eigenvalue weighted by Gasteiger charge is -2.32. The Morgan fingerprint density at radius 2 is 1.56 bits per heavy atom. The summed E-state index contributed by atoms with van der Waals surface area (Å²) in [4.78, 5) is 17.0. The van der Waals surface area contributed by atoms with Gasteiger partial charge in [0, 0.05) is 30.4 Å². The number of nitrogens with zero attached hydrogens (tertiary/aromatic N) is 2. The Bertz CT molecular complexity index is 1390. The Kier molecular flexibility index (Phi) is 10.1. The molecule has 1 aliphatic rings. The highest BCUT2D eigenvalue weighted by Gasteiger charge is 2.27. The zero-order valence-electron chi connectivity index (χ0n) is 27.6. The Hall–Kier alpha value is -3.51. The van der Waals surface area contributed by atoms with Crippen LogP contribution in [0.4, 0.5) is 5.69 Å². The number of carbonyl (C=O) groups excluding carboxylic acids is 1. The average molecular weight is 587 g/mol. The molecular weight excluding hydrogens is 536 g/mol. The van der Waals surface area contributed by atoms with Gasteiger partial charge in [0.15, 0.2) is 0 Å². The van der Waals surface area contributed by atoms with Crippen LogP contribution in [0.25, 0.3) is 0 Å². The van der Waals surface area contributed by atoms with Crippen LogP contribution in [0.5, 0.6) is 17.2 Å². The minimum atomic E-state index is -0.532. The second-order valence-electron chi connectivity index (χ2n) is 13.6. The van der Waals surface area contributed by atoms with Gasteiger partial charge in [-0.2, -0.15) is 0 Å². The number of carbonyl (C=O) groups is 1. The topological polar surface area (TPSA) is 51.2 Å². The monoisotopic (exact) mass is 586 g/mol. The molecule has 0 fully saturated rings. The fourth-order valence-electron chi connectivity index (χ4n) is 5.26. The molecule has 0 N–H and O–H groups in total. The first-order chi connectivity index (χ1) is 20.3. The van der Waals surface area contributed by atoms with Crippen molar-refractivity contribution < 1.29 is 19.0 Å². The standard InChI is InChI=1S/C37H50N2O4/c1-10-39(24-26-11-16-30(17-12-26)42-25-37(5,6)38(7)8)34-23-31(41-9)19-20-33(34)29-14-13-28-22-32(18-15-27(28)21-29)43-35(40)36(2,3)4/h11-12,15-20,22-23,29H,10,13-14,21,24-25H2,1-9H3. The largest absolute Gasteiger partial charge is 0.497 e. The van der Waals surface area contributed by atoms with Crippen LogP contribution in [-0.4, -0.2) is 50.8 Å². The molecule has 3 aromatic rings. The van der Waals surface area contributed by atoms with Gasteiger partial charge in [0.1, 0.15) is 23.9 Å². The quantitative estimate of drug-likeness (QED) is 0.170. The van der Waals surface area contributed by atoms with Crippen LogP contribution < -0.4 is 19.1 Å². The summed E-state index contributed by atoms with van der Waals surface area (Å²) in [6.45, 7) is 14.5. The lowest BCUT2D eigenvalue weighted by molar-refractivity contribution is -0.143. The molecule has 0 aliphatic heterocycles. The summed E-state index contributed by atoms with van der Waals surface area (Å²) in [5.74, 6) is 2.57. The minimum Gasteiger partial charge on any atom is -0.497 e. The molecule has 0 saturated carbocycles. The van der Waals surface area contributed by atoms with Gasteiger partial charge in [-0.1, -0.05) is 24.3 Å². The van der Waals surface area contributed by atoms with Gasteiger partial charge in [0.05, 0.1) is 12.5 Å².